The van der Waals surface area contributed by atoms with E-state index in [1.807, 2.05) is 0 Å². The Balaban J connectivity index is 2.99. The highest BCUT2D eigenvalue weighted by Crippen LogP contribution is 2.10. The molecule has 0 atom stereocenters. The van der Waals surface area contributed by atoms with Crippen LogP contribution in [0.15, 0.2) is 12.2 Å². The molecule has 0 aliphatic carbocycles. The van der Waals surface area contributed by atoms with Gasteiger partial charge in [0.1, 0.15) is 6.79 Å². The van der Waals surface area contributed by atoms with Crippen molar-refractivity contribution in [3.63, 3.8) is 0 Å². The summed E-state index contributed by atoms with van der Waals surface area (Å²) in [5.41, 5.74) is 0. The molecule has 0 aromatic rings. The van der Waals surface area contributed by atoms with Crippen LogP contribution >= 0.6 is 11.6 Å². The second kappa shape index (κ2) is 17.9. The van der Waals surface area contributed by atoms with Gasteiger partial charge in [-0.05, 0) is 25.7 Å². The van der Waals surface area contributed by atoms with Crippen LogP contribution in [0, 0.1) is 0 Å². The van der Waals surface area contributed by atoms with Crippen LogP contribution in [0.4, 0.5) is 0 Å². The number of hydrogen-bond donors (Lipinski definition) is 0. The third-order valence-electron chi connectivity index (χ3n) is 3.05. The Morgan fingerprint density at radius 3 is 2.00 bits per heavy atom. The van der Waals surface area contributed by atoms with Gasteiger partial charge in [-0.2, -0.15) is 0 Å². The van der Waals surface area contributed by atoms with Gasteiger partial charge in [-0.1, -0.05) is 50.7 Å². The number of alkyl halides is 1. The monoisotopic (exact) mass is 290 g/mol. The minimum absolute atomic E-state index is 0.402. The Morgan fingerprint density at radius 1 is 0.789 bits per heavy atom. The predicted molar refractivity (Wildman–Crippen MR) is 83.9 cm³/mol. The number of allylic oxidation sites excluding steroid dienone is 1. The predicted octanol–water partition coefficient (Wildman–Crippen LogP) is 5.30. The van der Waals surface area contributed by atoms with Crippen LogP contribution in [-0.2, 0) is 9.47 Å². The zero-order valence-corrected chi connectivity index (χ0v) is 13.3. The molecule has 0 rings (SSSR count). The largest absolute Gasteiger partial charge is 0.359 e. The van der Waals surface area contributed by atoms with Crippen LogP contribution in [0.1, 0.15) is 64.2 Å². The van der Waals surface area contributed by atoms with Crippen molar-refractivity contribution in [2.24, 2.45) is 0 Å². The lowest BCUT2D eigenvalue weighted by molar-refractivity contribution is -0.0285. The maximum absolute atomic E-state index is 5.64. The van der Waals surface area contributed by atoms with Crippen LogP contribution in [0.25, 0.3) is 0 Å². The Kier molecular flexibility index (Phi) is 17.9. The summed E-state index contributed by atoms with van der Waals surface area (Å²) in [4.78, 5) is 0. The first-order chi connectivity index (χ1) is 9.41. The first kappa shape index (κ1) is 18.9. The van der Waals surface area contributed by atoms with E-state index in [9.17, 15) is 0 Å². The average Bonchev–Trinajstić information content (AvgIpc) is 2.43. The smallest absolute Gasteiger partial charge is 0.146 e. The van der Waals surface area contributed by atoms with E-state index in [0.717, 1.165) is 18.9 Å². The number of ether oxygens (including phenoxy) is 2. The van der Waals surface area contributed by atoms with E-state index in [-0.39, 0.29) is 0 Å². The average molecular weight is 291 g/mol. The van der Waals surface area contributed by atoms with Crippen LogP contribution in [0.5, 0.6) is 0 Å². The van der Waals surface area contributed by atoms with Crippen molar-refractivity contribution in [2.75, 3.05) is 26.4 Å². The molecular weight excluding hydrogens is 260 g/mol. The summed E-state index contributed by atoms with van der Waals surface area (Å²) in [6, 6.07) is 0. The molecule has 3 heteroatoms. The zero-order chi connectivity index (χ0) is 14.0. The second-order valence-corrected chi connectivity index (χ2v) is 5.26. The molecule has 114 valence electrons. The summed E-state index contributed by atoms with van der Waals surface area (Å²) < 4.78 is 10.0. The fraction of sp³-hybridized carbons (Fsp3) is 0.875. The lowest BCUT2D eigenvalue weighted by Crippen LogP contribution is -1.96. The van der Waals surface area contributed by atoms with Crippen molar-refractivity contribution in [3.8, 4) is 0 Å². The van der Waals surface area contributed by atoms with Gasteiger partial charge in [-0.25, -0.2) is 0 Å². The third-order valence-corrected chi connectivity index (χ3v) is 3.32. The highest BCUT2D eigenvalue weighted by atomic mass is 35.5. The van der Waals surface area contributed by atoms with E-state index in [1.54, 1.807) is 7.11 Å². The van der Waals surface area contributed by atoms with Gasteiger partial charge in [0.05, 0.1) is 6.61 Å². The molecule has 0 spiro atoms. The molecule has 0 aromatic carbocycles. The molecule has 2 nitrogen and oxygen atoms in total. The van der Waals surface area contributed by atoms with Crippen LogP contribution in [0.2, 0.25) is 0 Å². The van der Waals surface area contributed by atoms with Gasteiger partial charge >= 0.3 is 0 Å². The quantitative estimate of drug-likeness (QED) is 0.176. The summed E-state index contributed by atoms with van der Waals surface area (Å²) in [5.74, 6) is 0.822. The molecule has 0 aromatic heterocycles. The van der Waals surface area contributed by atoms with E-state index in [1.165, 1.54) is 57.8 Å². The zero-order valence-electron chi connectivity index (χ0n) is 12.5. The fourth-order valence-electron chi connectivity index (χ4n) is 1.95. The maximum Gasteiger partial charge on any atom is 0.146 e. The van der Waals surface area contributed by atoms with E-state index < -0.39 is 0 Å². The second-order valence-electron chi connectivity index (χ2n) is 4.88. The molecule has 0 radical (unpaired) electrons. The Hall–Kier alpha value is -0.0500. The molecule has 0 bridgehead atoms. The maximum atomic E-state index is 5.64. The minimum atomic E-state index is 0.402. The molecule has 0 saturated heterocycles. The molecule has 0 amide bonds. The van der Waals surface area contributed by atoms with Gasteiger partial charge in [0.15, 0.2) is 0 Å². The first-order valence-corrected chi connectivity index (χ1v) is 8.23. The molecule has 0 N–H and O–H groups in total. The van der Waals surface area contributed by atoms with Crippen LogP contribution in [-0.4, -0.2) is 26.4 Å². The molecular formula is C16H31ClO2. The van der Waals surface area contributed by atoms with E-state index >= 15 is 0 Å². The minimum Gasteiger partial charge on any atom is -0.359 e. The van der Waals surface area contributed by atoms with Crippen LogP contribution < -0.4 is 0 Å². The fourth-order valence-corrected chi connectivity index (χ4v) is 2.14. The number of halogens is 1. The van der Waals surface area contributed by atoms with Crippen molar-refractivity contribution in [2.45, 2.75) is 64.2 Å². The van der Waals surface area contributed by atoms with Crippen molar-refractivity contribution >= 4 is 11.6 Å². The molecule has 19 heavy (non-hydrogen) atoms. The van der Waals surface area contributed by atoms with Crippen molar-refractivity contribution in [3.05, 3.63) is 12.2 Å². The summed E-state index contributed by atoms with van der Waals surface area (Å²) in [5, 5.41) is 0. The van der Waals surface area contributed by atoms with Crippen LogP contribution in [0.3, 0.4) is 0 Å². The molecule has 0 unspecified atom stereocenters. The number of rotatable bonds is 15. The number of methoxy groups -OCH3 is 1. The standard InChI is InChI=1S/C16H31ClO2/c1-18-16-19-15-13-11-9-7-5-3-2-4-6-8-10-12-14-17/h9,11H,2-8,10,12-16H2,1H3. The van der Waals surface area contributed by atoms with E-state index in [0.29, 0.717) is 6.79 Å². The van der Waals surface area contributed by atoms with Gasteiger partial charge in [-0.15, -0.1) is 11.6 Å². The van der Waals surface area contributed by atoms with Gasteiger partial charge in [-0.3, -0.25) is 0 Å². The summed E-state index contributed by atoms with van der Waals surface area (Å²) >= 11 is 5.64. The van der Waals surface area contributed by atoms with Gasteiger partial charge < -0.3 is 9.47 Å². The highest BCUT2D eigenvalue weighted by molar-refractivity contribution is 6.17. The number of hydrogen-bond acceptors (Lipinski definition) is 2. The van der Waals surface area contributed by atoms with E-state index in [2.05, 4.69) is 12.2 Å². The Labute approximate surface area is 124 Å². The first-order valence-electron chi connectivity index (χ1n) is 7.69. The molecule has 0 fully saturated rings. The molecule has 0 saturated carbocycles. The summed E-state index contributed by atoms with van der Waals surface area (Å²) in [7, 11) is 1.65. The van der Waals surface area contributed by atoms with Gasteiger partial charge in [0.25, 0.3) is 0 Å². The summed E-state index contributed by atoms with van der Waals surface area (Å²) in [6.07, 6.45) is 17.3. The van der Waals surface area contributed by atoms with Crippen molar-refractivity contribution in [1.29, 1.82) is 0 Å². The van der Waals surface area contributed by atoms with Gasteiger partial charge in [0.2, 0.25) is 0 Å². The SMILES string of the molecule is COCOCCC=CCCCCCCCCCCCl. The topological polar surface area (TPSA) is 18.5 Å². The Bertz CT molecular complexity index is 184. The van der Waals surface area contributed by atoms with Crippen molar-refractivity contribution < 1.29 is 9.47 Å². The highest BCUT2D eigenvalue weighted by Gasteiger charge is 1.91. The lowest BCUT2D eigenvalue weighted by atomic mass is 10.1. The Morgan fingerprint density at radius 2 is 1.37 bits per heavy atom. The molecule has 0 heterocycles. The third kappa shape index (κ3) is 17.9. The van der Waals surface area contributed by atoms with Gasteiger partial charge in [0, 0.05) is 13.0 Å². The molecule has 0 aliphatic heterocycles. The number of unbranched alkanes of at least 4 members (excludes halogenated alkanes) is 8. The van der Waals surface area contributed by atoms with Crippen molar-refractivity contribution in [1.82, 2.24) is 0 Å². The normalized spacial score (nSPS) is 11.5. The summed E-state index contributed by atoms with van der Waals surface area (Å²) in [6.45, 7) is 1.16. The lowest BCUT2D eigenvalue weighted by Gasteiger charge is -2.00. The molecule has 0 aliphatic rings. The van der Waals surface area contributed by atoms with E-state index in [4.69, 9.17) is 21.1 Å².